The van der Waals surface area contributed by atoms with Crippen molar-refractivity contribution >= 4 is 40.6 Å². The Kier molecular flexibility index (Phi) is 5.09. The zero-order chi connectivity index (χ0) is 15.4. The average molecular weight is 325 g/mol. The normalized spacial score (nSPS) is 10.4. The minimum atomic E-state index is -0.484. The molecule has 0 fully saturated rings. The molecule has 0 saturated heterocycles. The van der Waals surface area contributed by atoms with E-state index in [2.05, 4.69) is 5.32 Å². The molecular formula is C15H14ClFN2OS. The molecule has 0 saturated carbocycles. The third kappa shape index (κ3) is 4.37. The molecule has 2 aromatic carbocycles. The second-order valence-corrected chi connectivity index (χ2v) is 5.96. The SMILES string of the molecule is Cc1ccc(NC(=O)CSc2ccc(N)c(F)c2)c(Cl)c1. The molecule has 6 heteroatoms. The molecule has 0 heterocycles. The molecule has 2 aromatic rings. The average Bonchev–Trinajstić information content (AvgIpc) is 2.43. The first kappa shape index (κ1) is 15.7. The number of thioether (sulfide) groups is 1. The number of amides is 1. The molecule has 0 spiro atoms. The summed E-state index contributed by atoms with van der Waals surface area (Å²) in [5.74, 6) is -0.530. The van der Waals surface area contributed by atoms with Crippen molar-refractivity contribution in [2.24, 2.45) is 0 Å². The monoisotopic (exact) mass is 324 g/mol. The van der Waals surface area contributed by atoms with Crippen LogP contribution in [0.5, 0.6) is 0 Å². The number of hydrogen-bond donors (Lipinski definition) is 2. The summed E-state index contributed by atoms with van der Waals surface area (Å²) in [4.78, 5) is 12.5. The Bertz CT molecular complexity index is 679. The second kappa shape index (κ2) is 6.83. The van der Waals surface area contributed by atoms with Crippen molar-refractivity contribution in [1.82, 2.24) is 0 Å². The predicted molar refractivity (Wildman–Crippen MR) is 86.4 cm³/mol. The lowest BCUT2D eigenvalue weighted by Gasteiger charge is -2.08. The van der Waals surface area contributed by atoms with Gasteiger partial charge < -0.3 is 11.1 Å². The van der Waals surface area contributed by atoms with Gasteiger partial charge in [0, 0.05) is 4.90 Å². The van der Waals surface area contributed by atoms with Crippen molar-refractivity contribution < 1.29 is 9.18 Å². The van der Waals surface area contributed by atoms with Gasteiger partial charge in [0.05, 0.1) is 22.2 Å². The summed E-state index contributed by atoms with van der Waals surface area (Å²) >= 11 is 7.27. The Labute approximate surface area is 131 Å². The van der Waals surface area contributed by atoms with Crippen LogP contribution in [0.2, 0.25) is 5.02 Å². The van der Waals surface area contributed by atoms with Crippen LogP contribution in [0.25, 0.3) is 0 Å². The maximum Gasteiger partial charge on any atom is 0.234 e. The molecule has 0 atom stereocenters. The fraction of sp³-hybridized carbons (Fsp3) is 0.133. The highest BCUT2D eigenvalue weighted by molar-refractivity contribution is 8.00. The van der Waals surface area contributed by atoms with Crippen LogP contribution in [-0.4, -0.2) is 11.7 Å². The van der Waals surface area contributed by atoms with Gasteiger partial charge >= 0.3 is 0 Å². The van der Waals surface area contributed by atoms with Crippen molar-refractivity contribution in [2.75, 3.05) is 16.8 Å². The molecule has 1 amide bonds. The molecule has 0 aliphatic carbocycles. The molecular weight excluding hydrogens is 311 g/mol. The zero-order valence-electron chi connectivity index (χ0n) is 11.3. The molecule has 2 rings (SSSR count). The lowest BCUT2D eigenvalue weighted by Crippen LogP contribution is -2.14. The Morgan fingerprint density at radius 1 is 1.33 bits per heavy atom. The maximum absolute atomic E-state index is 13.3. The third-order valence-electron chi connectivity index (χ3n) is 2.74. The third-order valence-corrected chi connectivity index (χ3v) is 4.05. The van der Waals surface area contributed by atoms with Crippen molar-refractivity contribution in [1.29, 1.82) is 0 Å². The van der Waals surface area contributed by atoms with Crippen LogP contribution in [0.1, 0.15) is 5.56 Å². The highest BCUT2D eigenvalue weighted by Crippen LogP contribution is 2.25. The number of hydrogen-bond acceptors (Lipinski definition) is 3. The van der Waals surface area contributed by atoms with E-state index in [0.29, 0.717) is 15.6 Å². The van der Waals surface area contributed by atoms with Crippen LogP contribution in [0.15, 0.2) is 41.3 Å². The van der Waals surface area contributed by atoms with E-state index in [1.54, 1.807) is 18.2 Å². The second-order valence-electron chi connectivity index (χ2n) is 4.50. The molecule has 110 valence electrons. The first-order valence-electron chi connectivity index (χ1n) is 6.19. The lowest BCUT2D eigenvalue weighted by molar-refractivity contribution is -0.113. The Hall–Kier alpha value is -1.72. The van der Waals surface area contributed by atoms with E-state index in [0.717, 1.165) is 5.56 Å². The molecule has 0 aliphatic rings. The van der Waals surface area contributed by atoms with Gasteiger partial charge in [0.1, 0.15) is 5.82 Å². The number of benzene rings is 2. The number of nitrogen functional groups attached to an aromatic ring is 1. The summed E-state index contributed by atoms with van der Waals surface area (Å²) in [5.41, 5.74) is 7.07. The van der Waals surface area contributed by atoms with Gasteiger partial charge in [0.25, 0.3) is 0 Å². The summed E-state index contributed by atoms with van der Waals surface area (Å²) < 4.78 is 13.3. The number of rotatable bonds is 4. The molecule has 0 radical (unpaired) electrons. The molecule has 0 aliphatic heterocycles. The molecule has 3 nitrogen and oxygen atoms in total. The first-order chi connectivity index (χ1) is 9.95. The summed E-state index contributed by atoms with van der Waals surface area (Å²) in [6.45, 7) is 1.92. The Morgan fingerprint density at radius 3 is 2.76 bits per heavy atom. The van der Waals surface area contributed by atoms with E-state index in [-0.39, 0.29) is 17.3 Å². The number of nitrogens with two attached hydrogens (primary N) is 1. The van der Waals surface area contributed by atoms with Crippen LogP contribution >= 0.6 is 23.4 Å². The molecule has 3 N–H and O–H groups in total. The van der Waals surface area contributed by atoms with Crippen molar-refractivity contribution in [3.8, 4) is 0 Å². The standard InChI is InChI=1S/C15H14ClFN2OS/c1-9-2-5-14(11(16)6-9)19-15(20)8-21-10-3-4-13(18)12(17)7-10/h2-7H,8,18H2,1H3,(H,19,20). The van der Waals surface area contributed by atoms with Crippen molar-refractivity contribution in [3.63, 3.8) is 0 Å². The number of anilines is 2. The van der Waals surface area contributed by atoms with Crippen LogP contribution in [-0.2, 0) is 4.79 Å². The molecule has 21 heavy (non-hydrogen) atoms. The highest BCUT2D eigenvalue weighted by Gasteiger charge is 2.08. The van der Waals surface area contributed by atoms with E-state index in [9.17, 15) is 9.18 Å². The number of nitrogens with one attached hydrogen (secondary N) is 1. The Balaban J connectivity index is 1.94. The van der Waals surface area contributed by atoms with Crippen LogP contribution in [0, 0.1) is 12.7 Å². The van der Waals surface area contributed by atoms with Gasteiger partial charge in [-0.15, -0.1) is 11.8 Å². The van der Waals surface area contributed by atoms with E-state index >= 15 is 0 Å². The molecule has 0 bridgehead atoms. The summed E-state index contributed by atoms with van der Waals surface area (Å²) in [7, 11) is 0. The summed E-state index contributed by atoms with van der Waals surface area (Å²) in [5, 5.41) is 3.22. The van der Waals surface area contributed by atoms with Crippen molar-refractivity contribution in [3.05, 3.63) is 52.8 Å². The fourth-order valence-electron chi connectivity index (χ4n) is 1.65. The largest absolute Gasteiger partial charge is 0.396 e. The van der Waals surface area contributed by atoms with E-state index in [1.165, 1.54) is 23.9 Å². The van der Waals surface area contributed by atoms with Gasteiger partial charge in [-0.1, -0.05) is 17.7 Å². The number of carbonyl (C=O) groups excluding carboxylic acids is 1. The maximum atomic E-state index is 13.3. The van der Waals surface area contributed by atoms with Gasteiger partial charge in [-0.2, -0.15) is 0 Å². The number of carbonyl (C=O) groups is 1. The van der Waals surface area contributed by atoms with Gasteiger partial charge in [0.15, 0.2) is 0 Å². The lowest BCUT2D eigenvalue weighted by atomic mass is 10.2. The minimum Gasteiger partial charge on any atom is -0.396 e. The highest BCUT2D eigenvalue weighted by atomic mass is 35.5. The molecule has 0 aromatic heterocycles. The van der Waals surface area contributed by atoms with Gasteiger partial charge in [0.2, 0.25) is 5.91 Å². The number of aryl methyl sites for hydroxylation is 1. The van der Waals surface area contributed by atoms with Gasteiger partial charge in [-0.3, -0.25) is 4.79 Å². The van der Waals surface area contributed by atoms with Gasteiger partial charge in [-0.05, 0) is 42.8 Å². The van der Waals surface area contributed by atoms with Crippen molar-refractivity contribution in [2.45, 2.75) is 11.8 Å². The van der Waals surface area contributed by atoms with E-state index in [4.69, 9.17) is 17.3 Å². The summed E-state index contributed by atoms with van der Waals surface area (Å²) in [6.07, 6.45) is 0. The first-order valence-corrected chi connectivity index (χ1v) is 7.56. The molecule has 0 unspecified atom stereocenters. The minimum absolute atomic E-state index is 0.0928. The van der Waals surface area contributed by atoms with E-state index in [1.807, 2.05) is 13.0 Å². The summed E-state index contributed by atoms with van der Waals surface area (Å²) in [6, 6.07) is 9.86. The fourth-order valence-corrected chi connectivity index (χ4v) is 2.66. The smallest absolute Gasteiger partial charge is 0.234 e. The number of halogens is 2. The van der Waals surface area contributed by atoms with Crippen LogP contribution in [0.3, 0.4) is 0 Å². The van der Waals surface area contributed by atoms with Crippen LogP contribution < -0.4 is 11.1 Å². The predicted octanol–water partition coefficient (Wildman–Crippen LogP) is 4.10. The quantitative estimate of drug-likeness (QED) is 0.657. The topological polar surface area (TPSA) is 55.1 Å². The van der Waals surface area contributed by atoms with Crippen LogP contribution in [0.4, 0.5) is 15.8 Å². The zero-order valence-corrected chi connectivity index (χ0v) is 12.9. The van der Waals surface area contributed by atoms with Gasteiger partial charge in [-0.25, -0.2) is 4.39 Å². The van der Waals surface area contributed by atoms with E-state index < -0.39 is 5.82 Å². The Morgan fingerprint density at radius 2 is 2.10 bits per heavy atom.